The molecule has 1 atom stereocenters. The van der Waals surface area contributed by atoms with E-state index in [1.165, 1.54) is 6.07 Å². The fraction of sp³-hybridized carbons (Fsp3) is 0.409. The van der Waals surface area contributed by atoms with Crippen molar-refractivity contribution in [3.63, 3.8) is 0 Å². The van der Waals surface area contributed by atoms with E-state index < -0.39 is 0 Å². The minimum absolute atomic E-state index is 0.0957. The number of likely N-dealkylation sites (tertiary alicyclic amines) is 1. The van der Waals surface area contributed by atoms with Crippen LogP contribution in [0.25, 0.3) is 0 Å². The lowest BCUT2D eigenvalue weighted by Gasteiger charge is -2.33. The molecule has 0 aliphatic carbocycles. The summed E-state index contributed by atoms with van der Waals surface area (Å²) in [4.78, 5) is 16.3. The van der Waals surface area contributed by atoms with Gasteiger partial charge in [0, 0.05) is 16.7 Å². The molecule has 6 heteroatoms. The van der Waals surface area contributed by atoms with Crippen LogP contribution in [0.15, 0.2) is 53.0 Å². The Hall–Kier alpha value is -1.92. The number of cyclic esters (lactones) is 1. The minimum Gasteiger partial charge on any atom is -0.443 e. The Morgan fingerprint density at radius 3 is 2.61 bits per heavy atom. The molecule has 2 fully saturated rings. The van der Waals surface area contributed by atoms with Gasteiger partial charge in [0.25, 0.3) is 0 Å². The van der Waals surface area contributed by atoms with Crippen LogP contribution in [0.3, 0.4) is 0 Å². The summed E-state index contributed by atoms with van der Waals surface area (Å²) in [5, 5.41) is 0. The van der Waals surface area contributed by atoms with Crippen molar-refractivity contribution in [2.24, 2.45) is 5.92 Å². The average molecular weight is 447 g/mol. The standard InChI is InChI=1S/C22H24BrFN2O2/c23-21-7-6-18(24)13-17(21)12-16-8-10-25(11-9-16)14-20-15-26(22(27)28-20)19-4-2-1-3-5-19/h1-7,13,16,20H,8-12,14-15H2. The fourth-order valence-electron chi connectivity index (χ4n) is 4.11. The average Bonchev–Trinajstić information content (AvgIpc) is 3.07. The highest BCUT2D eigenvalue weighted by Crippen LogP contribution is 2.27. The van der Waals surface area contributed by atoms with Gasteiger partial charge in [-0.1, -0.05) is 34.1 Å². The summed E-state index contributed by atoms with van der Waals surface area (Å²) in [5.41, 5.74) is 1.93. The predicted octanol–water partition coefficient (Wildman–Crippen LogP) is 4.87. The van der Waals surface area contributed by atoms with E-state index >= 15 is 0 Å². The number of carbonyl (C=O) groups is 1. The van der Waals surface area contributed by atoms with E-state index in [0.29, 0.717) is 12.5 Å². The molecule has 0 N–H and O–H groups in total. The number of amides is 1. The van der Waals surface area contributed by atoms with E-state index in [9.17, 15) is 9.18 Å². The number of rotatable bonds is 5. The van der Waals surface area contributed by atoms with Crippen LogP contribution in [-0.4, -0.2) is 43.3 Å². The number of anilines is 1. The third-order valence-corrected chi connectivity index (χ3v) is 6.40. The van der Waals surface area contributed by atoms with Gasteiger partial charge in [-0.3, -0.25) is 9.80 Å². The molecular weight excluding hydrogens is 423 g/mol. The molecule has 0 aromatic heterocycles. The van der Waals surface area contributed by atoms with Crippen molar-refractivity contribution < 1.29 is 13.9 Å². The highest BCUT2D eigenvalue weighted by atomic mass is 79.9. The van der Waals surface area contributed by atoms with Gasteiger partial charge in [0.2, 0.25) is 0 Å². The Labute approximate surface area is 173 Å². The summed E-state index contributed by atoms with van der Waals surface area (Å²) < 4.78 is 20.1. The van der Waals surface area contributed by atoms with Crippen LogP contribution in [-0.2, 0) is 11.2 Å². The number of carbonyl (C=O) groups excluding carboxylic acids is 1. The zero-order chi connectivity index (χ0) is 19.5. The van der Waals surface area contributed by atoms with Crippen LogP contribution in [0.2, 0.25) is 0 Å². The van der Waals surface area contributed by atoms with E-state index in [1.807, 2.05) is 30.3 Å². The largest absolute Gasteiger partial charge is 0.443 e. The zero-order valence-corrected chi connectivity index (χ0v) is 17.3. The van der Waals surface area contributed by atoms with E-state index in [0.717, 1.165) is 54.6 Å². The summed E-state index contributed by atoms with van der Waals surface area (Å²) in [7, 11) is 0. The number of hydrogen-bond donors (Lipinski definition) is 0. The second-order valence-electron chi connectivity index (χ2n) is 7.64. The SMILES string of the molecule is O=C1OC(CN2CCC(Cc3cc(F)ccc3Br)CC2)CN1c1ccccc1. The van der Waals surface area contributed by atoms with Crippen molar-refractivity contribution in [1.29, 1.82) is 0 Å². The molecule has 0 radical (unpaired) electrons. The first-order chi connectivity index (χ1) is 13.6. The number of halogens is 2. The number of ether oxygens (including phenoxy) is 1. The van der Waals surface area contributed by atoms with Crippen molar-refractivity contribution in [2.75, 3.05) is 31.1 Å². The number of benzene rings is 2. The molecule has 28 heavy (non-hydrogen) atoms. The monoisotopic (exact) mass is 446 g/mol. The summed E-state index contributed by atoms with van der Waals surface area (Å²) in [6, 6.07) is 14.6. The molecule has 2 aliphatic heterocycles. The first-order valence-electron chi connectivity index (χ1n) is 9.78. The lowest BCUT2D eigenvalue weighted by molar-refractivity contribution is 0.0914. The summed E-state index contributed by atoms with van der Waals surface area (Å²) in [5.74, 6) is 0.378. The molecule has 2 saturated heterocycles. The number of nitrogens with zero attached hydrogens (tertiary/aromatic N) is 2. The molecule has 0 bridgehead atoms. The molecule has 2 heterocycles. The molecule has 0 saturated carbocycles. The van der Waals surface area contributed by atoms with Gasteiger partial charge >= 0.3 is 6.09 Å². The summed E-state index contributed by atoms with van der Waals surface area (Å²) in [6.07, 6.45) is 2.69. The van der Waals surface area contributed by atoms with E-state index in [4.69, 9.17) is 4.74 Å². The molecular formula is C22H24BrFN2O2. The maximum absolute atomic E-state index is 13.5. The van der Waals surface area contributed by atoms with E-state index in [-0.39, 0.29) is 18.0 Å². The topological polar surface area (TPSA) is 32.8 Å². The molecule has 148 valence electrons. The summed E-state index contributed by atoms with van der Waals surface area (Å²) in [6.45, 7) is 3.33. The molecule has 0 spiro atoms. The van der Waals surface area contributed by atoms with Gasteiger partial charge in [0.1, 0.15) is 11.9 Å². The van der Waals surface area contributed by atoms with Crippen LogP contribution in [0.4, 0.5) is 14.9 Å². The smallest absolute Gasteiger partial charge is 0.414 e. The lowest BCUT2D eigenvalue weighted by Crippen LogP contribution is -2.40. The molecule has 2 aromatic carbocycles. The molecule has 2 aromatic rings. The molecule has 4 rings (SSSR count). The minimum atomic E-state index is -0.262. The van der Waals surface area contributed by atoms with Crippen molar-refractivity contribution in [3.05, 3.63) is 64.4 Å². The van der Waals surface area contributed by atoms with Crippen molar-refractivity contribution >= 4 is 27.7 Å². The fourth-order valence-corrected chi connectivity index (χ4v) is 4.52. The Morgan fingerprint density at radius 2 is 1.86 bits per heavy atom. The van der Waals surface area contributed by atoms with Crippen LogP contribution in [0, 0.1) is 11.7 Å². The summed E-state index contributed by atoms with van der Waals surface area (Å²) >= 11 is 3.53. The van der Waals surface area contributed by atoms with Crippen LogP contribution < -0.4 is 4.90 Å². The maximum Gasteiger partial charge on any atom is 0.414 e. The second kappa shape index (κ2) is 8.62. The maximum atomic E-state index is 13.5. The van der Waals surface area contributed by atoms with Gasteiger partial charge in [0.15, 0.2) is 0 Å². The Balaban J connectivity index is 1.27. The Morgan fingerprint density at radius 1 is 1.11 bits per heavy atom. The normalized spacial score (nSPS) is 21.1. The second-order valence-corrected chi connectivity index (χ2v) is 8.49. The van der Waals surface area contributed by atoms with Crippen molar-refractivity contribution in [3.8, 4) is 0 Å². The molecule has 1 amide bonds. The predicted molar refractivity (Wildman–Crippen MR) is 111 cm³/mol. The third kappa shape index (κ3) is 4.55. The third-order valence-electron chi connectivity index (χ3n) is 5.63. The van der Waals surface area contributed by atoms with Gasteiger partial charge < -0.3 is 4.74 Å². The number of para-hydroxylation sites is 1. The quantitative estimate of drug-likeness (QED) is 0.656. The zero-order valence-electron chi connectivity index (χ0n) is 15.7. The van der Waals surface area contributed by atoms with Gasteiger partial charge in [-0.05, 0) is 74.2 Å². The number of hydrogen-bond acceptors (Lipinski definition) is 3. The lowest BCUT2D eigenvalue weighted by atomic mass is 9.90. The van der Waals surface area contributed by atoms with Gasteiger partial charge in [-0.25, -0.2) is 9.18 Å². The van der Waals surface area contributed by atoms with E-state index in [1.54, 1.807) is 17.0 Å². The van der Waals surface area contributed by atoms with Crippen LogP contribution in [0.1, 0.15) is 18.4 Å². The first kappa shape index (κ1) is 19.4. The number of piperidine rings is 1. The van der Waals surface area contributed by atoms with Crippen LogP contribution in [0.5, 0.6) is 0 Å². The highest BCUT2D eigenvalue weighted by Gasteiger charge is 2.34. The molecule has 2 aliphatic rings. The van der Waals surface area contributed by atoms with Gasteiger partial charge in [0.05, 0.1) is 6.54 Å². The highest BCUT2D eigenvalue weighted by molar-refractivity contribution is 9.10. The van der Waals surface area contributed by atoms with E-state index in [2.05, 4.69) is 20.8 Å². The van der Waals surface area contributed by atoms with Crippen molar-refractivity contribution in [1.82, 2.24) is 4.90 Å². The Bertz CT molecular complexity index is 825. The first-order valence-corrected chi connectivity index (χ1v) is 10.6. The van der Waals surface area contributed by atoms with Gasteiger partial charge in [-0.15, -0.1) is 0 Å². The van der Waals surface area contributed by atoms with Crippen LogP contribution >= 0.6 is 15.9 Å². The molecule has 1 unspecified atom stereocenters. The molecule has 4 nitrogen and oxygen atoms in total. The van der Waals surface area contributed by atoms with Gasteiger partial charge in [-0.2, -0.15) is 0 Å². The van der Waals surface area contributed by atoms with Crippen molar-refractivity contribution in [2.45, 2.75) is 25.4 Å². The Kier molecular flexibility index (Phi) is 5.97.